The summed E-state index contributed by atoms with van der Waals surface area (Å²) in [5.74, 6) is 2.60. The van der Waals surface area contributed by atoms with Crippen LogP contribution in [-0.4, -0.2) is 11.0 Å². The van der Waals surface area contributed by atoms with E-state index in [0.29, 0.717) is 11.3 Å². The zero-order valence-corrected chi connectivity index (χ0v) is 13.1. The van der Waals surface area contributed by atoms with Gasteiger partial charge in [-0.15, -0.1) is 0 Å². The highest BCUT2D eigenvalue weighted by atomic mass is 16.3. The number of nitrogens with zero attached hydrogens (tertiary/aromatic N) is 1. The molecule has 0 aliphatic heterocycles. The van der Waals surface area contributed by atoms with E-state index in [0.717, 1.165) is 30.0 Å². The Hall–Kier alpha value is -0.830. The van der Waals surface area contributed by atoms with Crippen LogP contribution >= 0.6 is 0 Å². The van der Waals surface area contributed by atoms with E-state index >= 15 is 0 Å². The van der Waals surface area contributed by atoms with Crippen molar-refractivity contribution in [1.82, 2.24) is 10.3 Å². The lowest BCUT2D eigenvalue weighted by atomic mass is 9.69. The first-order valence-electron chi connectivity index (χ1n) is 8.19. The van der Waals surface area contributed by atoms with Crippen molar-refractivity contribution in [3.8, 4) is 0 Å². The fourth-order valence-corrected chi connectivity index (χ4v) is 3.49. The van der Waals surface area contributed by atoms with Gasteiger partial charge < -0.3 is 9.73 Å². The Morgan fingerprint density at radius 2 is 1.85 bits per heavy atom. The third-order valence-corrected chi connectivity index (χ3v) is 5.13. The number of rotatable bonds is 4. The first-order valence-corrected chi connectivity index (χ1v) is 8.19. The number of oxazole rings is 1. The third kappa shape index (κ3) is 3.25. The standard InChI is InChI=1S/C17H28N2O/c1-17(2,3)13-6-4-12(5-7-13)16-15(19-11-20-16)10-18-14-8-9-14/h11-14,18H,4-10H2,1-3H3. The van der Waals surface area contributed by atoms with E-state index in [2.05, 4.69) is 31.1 Å². The minimum absolute atomic E-state index is 0.447. The number of hydrogen-bond donors (Lipinski definition) is 1. The maximum Gasteiger partial charge on any atom is 0.181 e. The van der Waals surface area contributed by atoms with Crippen molar-refractivity contribution < 1.29 is 4.42 Å². The van der Waals surface area contributed by atoms with E-state index in [9.17, 15) is 0 Å². The summed E-state index contributed by atoms with van der Waals surface area (Å²) in [7, 11) is 0. The summed E-state index contributed by atoms with van der Waals surface area (Å²) in [5.41, 5.74) is 1.60. The first kappa shape index (κ1) is 14.1. The molecule has 1 N–H and O–H groups in total. The second-order valence-corrected chi connectivity index (χ2v) is 7.73. The minimum atomic E-state index is 0.447. The lowest BCUT2D eigenvalue weighted by Gasteiger charge is -2.36. The molecule has 3 heteroatoms. The van der Waals surface area contributed by atoms with Crippen LogP contribution in [-0.2, 0) is 6.54 Å². The smallest absolute Gasteiger partial charge is 0.181 e. The van der Waals surface area contributed by atoms with Crippen LogP contribution in [0.25, 0.3) is 0 Å². The summed E-state index contributed by atoms with van der Waals surface area (Å²) in [5, 5.41) is 3.55. The highest BCUT2D eigenvalue weighted by Gasteiger charge is 2.32. The molecule has 0 radical (unpaired) electrons. The molecule has 20 heavy (non-hydrogen) atoms. The second-order valence-electron chi connectivity index (χ2n) is 7.73. The van der Waals surface area contributed by atoms with Crippen LogP contribution in [0.1, 0.15) is 76.7 Å². The maximum absolute atomic E-state index is 5.73. The van der Waals surface area contributed by atoms with Crippen LogP contribution in [0.2, 0.25) is 0 Å². The van der Waals surface area contributed by atoms with Gasteiger partial charge in [-0.3, -0.25) is 0 Å². The average Bonchev–Trinajstić information content (AvgIpc) is 3.12. The maximum atomic E-state index is 5.73. The quantitative estimate of drug-likeness (QED) is 0.893. The van der Waals surface area contributed by atoms with Gasteiger partial charge >= 0.3 is 0 Å². The van der Waals surface area contributed by atoms with E-state index in [-0.39, 0.29) is 0 Å². The van der Waals surface area contributed by atoms with Gasteiger partial charge in [0.25, 0.3) is 0 Å². The molecule has 3 rings (SSSR count). The van der Waals surface area contributed by atoms with Crippen molar-refractivity contribution in [2.24, 2.45) is 11.3 Å². The zero-order chi connectivity index (χ0) is 14.2. The van der Waals surface area contributed by atoms with E-state index in [1.165, 1.54) is 38.5 Å². The minimum Gasteiger partial charge on any atom is -0.448 e. The van der Waals surface area contributed by atoms with Crippen LogP contribution in [0.4, 0.5) is 0 Å². The Bertz CT molecular complexity index is 434. The van der Waals surface area contributed by atoms with Gasteiger partial charge in [-0.05, 0) is 49.9 Å². The fraction of sp³-hybridized carbons (Fsp3) is 0.824. The summed E-state index contributed by atoms with van der Waals surface area (Å²) < 4.78 is 5.73. The largest absolute Gasteiger partial charge is 0.448 e. The molecule has 0 spiro atoms. The van der Waals surface area contributed by atoms with Gasteiger partial charge in [0.2, 0.25) is 0 Å². The Balaban J connectivity index is 1.58. The molecule has 2 aliphatic carbocycles. The van der Waals surface area contributed by atoms with Gasteiger partial charge in [-0.25, -0.2) is 4.98 Å². The first-order chi connectivity index (χ1) is 9.54. The van der Waals surface area contributed by atoms with Gasteiger partial charge in [0.15, 0.2) is 6.39 Å². The fourth-order valence-electron chi connectivity index (χ4n) is 3.49. The molecule has 1 heterocycles. The van der Waals surface area contributed by atoms with Gasteiger partial charge in [0.1, 0.15) is 5.76 Å². The molecule has 0 amide bonds. The second kappa shape index (κ2) is 5.51. The van der Waals surface area contributed by atoms with Gasteiger partial charge in [0.05, 0.1) is 5.69 Å². The number of nitrogens with one attached hydrogen (secondary N) is 1. The number of hydrogen-bond acceptors (Lipinski definition) is 3. The summed E-state index contributed by atoms with van der Waals surface area (Å²) in [6.45, 7) is 8.00. The summed E-state index contributed by atoms with van der Waals surface area (Å²) in [6, 6.07) is 0.733. The molecular formula is C17H28N2O. The summed E-state index contributed by atoms with van der Waals surface area (Å²) in [4.78, 5) is 4.43. The van der Waals surface area contributed by atoms with Gasteiger partial charge in [-0.1, -0.05) is 20.8 Å². The van der Waals surface area contributed by atoms with Crippen LogP contribution in [0.15, 0.2) is 10.8 Å². The van der Waals surface area contributed by atoms with Crippen LogP contribution in [0.5, 0.6) is 0 Å². The van der Waals surface area contributed by atoms with Crippen LogP contribution in [0, 0.1) is 11.3 Å². The molecule has 0 bridgehead atoms. The Labute approximate surface area is 122 Å². The van der Waals surface area contributed by atoms with Gasteiger partial charge in [-0.2, -0.15) is 0 Å². The summed E-state index contributed by atoms with van der Waals surface area (Å²) in [6.07, 6.45) is 9.44. The molecule has 1 aromatic heterocycles. The lowest BCUT2D eigenvalue weighted by Crippen LogP contribution is -2.25. The molecule has 0 saturated heterocycles. The van der Waals surface area contributed by atoms with Crippen molar-refractivity contribution in [1.29, 1.82) is 0 Å². The van der Waals surface area contributed by atoms with Gasteiger partial charge in [0, 0.05) is 18.5 Å². The number of aromatic nitrogens is 1. The third-order valence-electron chi connectivity index (χ3n) is 5.13. The molecule has 2 saturated carbocycles. The van der Waals surface area contributed by atoms with Crippen LogP contribution < -0.4 is 5.32 Å². The molecule has 3 nitrogen and oxygen atoms in total. The highest BCUT2D eigenvalue weighted by Crippen LogP contribution is 2.43. The molecule has 0 atom stereocenters. The van der Waals surface area contributed by atoms with Crippen molar-refractivity contribution in [2.45, 2.75) is 77.8 Å². The zero-order valence-electron chi connectivity index (χ0n) is 13.1. The molecule has 0 unspecified atom stereocenters. The molecule has 2 fully saturated rings. The molecule has 2 aliphatic rings. The molecule has 112 valence electrons. The summed E-state index contributed by atoms with van der Waals surface area (Å²) >= 11 is 0. The Morgan fingerprint density at radius 3 is 2.45 bits per heavy atom. The molecule has 1 aromatic rings. The highest BCUT2D eigenvalue weighted by molar-refractivity contribution is 5.14. The van der Waals surface area contributed by atoms with Crippen molar-refractivity contribution >= 4 is 0 Å². The van der Waals surface area contributed by atoms with E-state index < -0.39 is 0 Å². The molecular weight excluding hydrogens is 248 g/mol. The predicted octanol–water partition coefficient (Wildman–Crippen LogP) is 4.25. The normalized spacial score (nSPS) is 27.8. The Morgan fingerprint density at radius 1 is 1.15 bits per heavy atom. The van der Waals surface area contributed by atoms with E-state index in [4.69, 9.17) is 4.42 Å². The van der Waals surface area contributed by atoms with Crippen LogP contribution in [0.3, 0.4) is 0 Å². The van der Waals surface area contributed by atoms with Crippen molar-refractivity contribution in [3.05, 3.63) is 17.8 Å². The monoisotopic (exact) mass is 276 g/mol. The molecule has 0 aromatic carbocycles. The van der Waals surface area contributed by atoms with E-state index in [1.54, 1.807) is 6.39 Å². The van der Waals surface area contributed by atoms with Crippen molar-refractivity contribution in [2.75, 3.05) is 0 Å². The average molecular weight is 276 g/mol. The van der Waals surface area contributed by atoms with E-state index in [1.807, 2.05) is 0 Å². The topological polar surface area (TPSA) is 38.1 Å². The SMILES string of the molecule is CC(C)(C)C1CCC(c2ocnc2CNC2CC2)CC1. The Kier molecular flexibility index (Phi) is 3.89. The predicted molar refractivity (Wildman–Crippen MR) is 80.5 cm³/mol. The lowest BCUT2D eigenvalue weighted by molar-refractivity contribution is 0.163. The van der Waals surface area contributed by atoms with Crippen molar-refractivity contribution in [3.63, 3.8) is 0 Å².